The zero-order valence-electron chi connectivity index (χ0n) is 8.79. The Balaban J connectivity index is 2.58. The second-order valence-electron chi connectivity index (χ2n) is 3.58. The first-order valence-corrected chi connectivity index (χ1v) is 5.17. The summed E-state index contributed by atoms with van der Waals surface area (Å²) in [6, 6.07) is 5.82. The van der Waals surface area contributed by atoms with E-state index in [2.05, 4.69) is 5.10 Å². The van der Waals surface area contributed by atoms with Gasteiger partial charge in [0.15, 0.2) is 0 Å². The fourth-order valence-corrected chi connectivity index (χ4v) is 1.76. The number of aromatic nitrogens is 2. The third kappa shape index (κ3) is 1.68. The van der Waals surface area contributed by atoms with Crippen LogP contribution in [-0.4, -0.2) is 16.3 Å². The summed E-state index contributed by atoms with van der Waals surface area (Å²) in [6.45, 7) is 3.24. The predicted octanol–water partition coefficient (Wildman–Crippen LogP) is 0.851. The van der Waals surface area contributed by atoms with Gasteiger partial charge in [0.25, 0.3) is 5.56 Å². The predicted molar refractivity (Wildman–Crippen MR) is 61.0 cm³/mol. The van der Waals surface area contributed by atoms with Gasteiger partial charge < -0.3 is 5.73 Å². The van der Waals surface area contributed by atoms with Crippen molar-refractivity contribution in [2.45, 2.75) is 19.9 Å². The number of benzene rings is 1. The molecule has 0 aliphatic rings. The zero-order valence-corrected chi connectivity index (χ0v) is 8.79. The second-order valence-corrected chi connectivity index (χ2v) is 3.58. The molecule has 0 aliphatic carbocycles. The average Bonchev–Trinajstić information content (AvgIpc) is 2.56. The van der Waals surface area contributed by atoms with E-state index in [9.17, 15) is 4.79 Å². The second kappa shape index (κ2) is 3.90. The fraction of sp³-hybridized carbons (Fsp3) is 0.364. The van der Waals surface area contributed by atoms with Crippen LogP contribution in [-0.2, 0) is 13.0 Å². The Morgan fingerprint density at radius 2 is 2.27 bits per heavy atom. The molecule has 4 heteroatoms. The van der Waals surface area contributed by atoms with Crippen molar-refractivity contribution in [2.24, 2.45) is 5.73 Å². The monoisotopic (exact) mass is 205 g/mol. The van der Waals surface area contributed by atoms with Gasteiger partial charge in [-0.15, -0.1) is 0 Å². The summed E-state index contributed by atoms with van der Waals surface area (Å²) in [5.74, 6) is 0. The van der Waals surface area contributed by atoms with Gasteiger partial charge >= 0.3 is 0 Å². The summed E-state index contributed by atoms with van der Waals surface area (Å²) in [6.07, 6.45) is 0.843. The minimum atomic E-state index is 0.0480. The van der Waals surface area contributed by atoms with Gasteiger partial charge in [-0.1, -0.05) is 6.07 Å². The summed E-state index contributed by atoms with van der Waals surface area (Å²) >= 11 is 0. The third-order valence-corrected chi connectivity index (χ3v) is 2.56. The Morgan fingerprint density at radius 1 is 1.47 bits per heavy atom. The molecule has 0 atom stereocenters. The Hall–Kier alpha value is -1.55. The normalized spacial score (nSPS) is 11.1. The van der Waals surface area contributed by atoms with Crippen LogP contribution in [0.2, 0.25) is 0 Å². The number of nitrogens with two attached hydrogens (primary N) is 1. The van der Waals surface area contributed by atoms with E-state index in [0.29, 0.717) is 13.1 Å². The number of rotatable bonds is 3. The van der Waals surface area contributed by atoms with E-state index in [0.717, 1.165) is 22.9 Å². The summed E-state index contributed by atoms with van der Waals surface area (Å²) in [7, 11) is 0. The Labute approximate surface area is 87.7 Å². The van der Waals surface area contributed by atoms with Crippen LogP contribution in [0.3, 0.4) is 0 Å². The quantitative estimate of drug-likeness (QED) is 0.780. The van der Waals surface area contributed by atoms with Gasteiger partial charge in [-0.05, 0) is 37.6 Å². The first-order valence-electron chi connectivity index (χ1n) is 5.17. The van der Waals surface area contributed by atoms with Crippen molar-refractivity contribution in [1.29, 1.82) is 0 Å². The number of aryl methyl sites for hydroxylation is 1. The van der Waals surface area contributed by atoms with E-state index in [1.54, 1.807) is 4.68 Å². The van der Waals surface area contributed by atoms with Crippen LogP contribution in [0.5, 0.6) is 0 Å². The van der Waals surface area contributed by atoms with Crippen LogP contribution >= 0.6 is 0 Å². The van der Waals surface area contributed by atoms with Gasteiger partial charge in [-0.2, -0.15) is 0 Å². The van der Waals surface area contributed by atoms with Crippen molar-refractivity contribution in [3.8, 4) is 0 Å². The lowest BCUT2D eigenvalue weighted by Crippen LogP contribution is -2.14. The molecule has 0 aliphatic heterocycles. The van der Waals surface area contributed by atoms with Gasteiger partial charge in [0, 0.05) is 6.54 Å². The highest BCUT2D eigenvalue weighted by molar-refractivity contribution is 5.78. The first-order chi connectivity index (χ1) is 7.26. The standard InChI is InChI=1S/C11H15N3O/c1-2-14-11(15)9-4-3-8(5-6-12)7-10(9)13-14/h3-4,7,13H,2,5-6,12H2,1H3. The molecule has 80 valence electrons. The highest BCUT2D eigenvalue weighted by Crippen LogP contribution is 2.10. The molecule has 1 heterocycles. The van der Waals surface area contributed by atoms with Crippen molar-refractivity contribution in [3.05, 3.63) is 34.1 Å². The Bertz CT molecular complexity index is 524. The zero-order chi connectivity index (χ0) is 10.8. The fourth-order valence-electron chi connectivity index (χ4n) is 1.76. The van der Waals surface area contributed by atoms with Gasteiger partial charge in [0.2, 0.25) is 0 Å². The van der Waals surface area contributed by atoms with Gasteiger partial charge in [-0.3, -0.25) is 14.6 Å². The number of H-pyrrole nitrogens is 1. The molecule has 1 aromatic heterocycles. The molecule has 0 saturated carbocycles. The van der Waals surface area contributed by atoms with Crippen LogP contribution in [0.15, 0.2) is 23.0 Å². The molecule has 0 bridgehead atoms. The van der Waals surface area contributed by atoms with Crippen LogP contribution in [0.4, 0.5) is 0 Å². The number of aromatic amines is 1. The van der Waals surface area contributed by atoms with Crippen molar-refractivity contribution in [3.63, 3.8) is 0 Å². The van der Waals surface area contributed by atoms with E-state index < -0.39 is 0 Å². The highest BCUT2D eigenvalue weighted by atomic mass is 16.1. The molecule has 15 heavy (non-hydrogen) atoms. The summed E-state index contributed by atoms with van der Waals surface area (Å²) in [5, 5.41) is 3.82. The molecule has 2 rings (SSSR count). The maximum atomic E-state index is 11.7. The molecular weight excluding hydrogens is 190 g/mol. The maximum absolute atomic E-state index is 11.7. The van der Waals surface area contributed by atoms with E-state index in [-0.39, 0.29) is 5.56 Å². The topological polar surface area (TPSA) is 63.8 Å². The third-order valence-electron chi connectivity index (χ3n) is 2.56. The number of hydrogen-bond acceptors (Lipinski definition) is 2. The van der Waals surface area contributed by atoms with E-state index in [4.69, 9.17) is 5.73 Å². The molecule has 0 radical (unpaired) electrons. The Kier molecular flexibility index (Phi) is 2.60. The van der Waals surface area contributed by atoms with Gasteiger partial charge in [-0.25, -0.2) is 0 Å². The van der Waals surface area contributed by atoms with Crippen LogP contribution < -0.4 is 11.3 Å². The molecule has 0 saturated heterocycles. The minimum Gasteiger partial charge on any atom is -0.330 e. The molecular formula is C11H15N3O. The first kappa shape index (κ1) is 9.98. The highest BCUT2D eigenvalue weighted by Gasteiger charge is 2.05. The maximum Gasteiger partial charge on any atom is 0.274 e. The van der Waals surface area contributed by atoms with Crippen molar-refractivity contribution < 1.29 is 0 Å². The van der Waals surface area contributed by atoms with E-state index in [1.165, 1.54) is 0 Å². The summed E-state index contributed by atoms with van der Waals surface area (Å²) < 4.78 is 1.61. The lowest BCUT2D eigenvalue weighted by Gasteiger charge is -1.97. The van der Waals surface area contributed by atoms with Gasteiger partial charge in [0.05, 0.1) is 10.9 Å². The van der Waals surface area contributed by atoms with Crippen molar-refractivity contribution in [2.75, 3.05) is 6.54 Å². The lowest BCUT2D eigenvalue weighted by molar-refractivity contribution is 0.646. The van der Waals surface area contributed by atoms with Crippen LogP contribution in [0.25, 0.3) is 10.9 Å². The summed E-state index contributed by atoms with van der Waals surface area (Å²) in [5.41, 5.74) is 7.59. The van der Waals surface area contributed by atoms with Crippen LogP contribution in [0, 0.1) is 0 Å². The summed E-state index contributed by atoms with van der Waals surface area (Å²) in [4.78, 5) is 11.7. The number of nitrogens with zero attached hydrogens (tertiary/aromatic N) is 1. The van der Waals surface area contributed by atoms with Crippen molar-refractivity contribution in [1.82, 2.24) is 9.78 Å². The van der Waals surface area contributed by atoms with E-state index in [1.807, 2.05) is 25.1 Å². The largest absolute Gasteiger partial charge is 0.330 e. The number of hydrogen-bond donors (Lipinski definition) is 2. The number of fused-ring (bicyclic) bond motifs is 1. The smallest absolute Gasteiger partial charge is 0.274 e. The van der Waals surface area contributed by atoms with Crippen LogP contribution in [0.1, 0.15) is 12.5 Å². The molecule has 4 nitrogen and oxygen atoms in total. The molecule has 0 unspecified atom stereocenters. The van der Waals surface area contributed by atoms with Gasteiger partial charge in [0.1, 0.15) is 0 Å². The molecule has 2 aromatic rings. The minimum absolute atomic E-state index is 0.0480. The van der Waals surface area contributed by atoms with E-state index >= 15 is 0 Å². The SMILES string of the molecule is CCn1[nH]c2cc(CCN)ccc2c1=O. The Morgan fingerprint density at radius 3 is 2.93 bits per heavy atom. The average molecular weight is 205 g/mol. The number of nitrogens with one attached hydrogen (secondary N) is 1. The molecule has 0 fully saturated rings. The molecule has 1 aromatic carbocycles. The lowest BCUT2D eigenvalue weighted by atomic mass is 10.1. The molecule has 0 spiro atoms. The molecule has 3 N–H and O–H groups in total. The molecule has 0 amide bonds. The van der Waals surface area contributed by atoms with Crippen molar-refractivity contribution >= 4 is 10.9 Å².